The Bertz CT molecular complexity index is 606. The number of anilines is 3. The van der Waals surface area contributed by atoms with Crippen molar-refractivity contribution in [3.63, 3.8) is 0 Å². The Hall–Kier alpha value is -2.44. The maximum atomic E-state index is 4.55. The number of aryl methyl sites for hydroxylation is 1. The van der Waals surface area contributed by atoms with Crippen LogP contribution in [0.5, 0.6) is 0 Å². The molecule has 3 rings (SSSR count). The van der Waals surface area contributed by atoms with Gasteiger partial charge in [-0.15, -0.1) is 0 Å². The molecule has 22 heavy (non-hydrogen) atoms. The van der Waals surface area contributed by atoms with Gasteiger partial charge in [0.1, 0.15) is 5.82 Å². The highest BCUT2D eigenvalue weighted by atomic mass is 15.3. The zero-order valence-electron chi connectivity index (χ0n) is 13.0. The van der Waals surface area contributed by atoms with Gasteiger partial charge in [0.25, 0.3) is 0 Å². The fourth-order valence-corrected chi connectivity index (χ4v) is 2.45. The van der Waals surface area contributed by atoms with Gasteiger partial charge in [-0.05, 0) is 25.5 Å². The lowest BCUT2D eigenvalue weighted by Crippen LogP contribution is -2.47. The van der Waals surface area contributed by atoms with Crippen LogP contribution in [0.2, 0.25) is 0 Å². The highest BCUT2D eigenvalue weighted by Crippen LogP contribution is 2.17. The second kappa shape index (κ2) is 6.55. The Morgan fingerprint density at radius 2 is 1.73 bits per heavy atom. The minimum absolute atomic E-state index is 0.685. The molecular formula is C15H21N7. The van der Waals surface area contributed by atoms with Crippen LogP contribution in [0.3, 0.4) is 0 Å². The molecule has 1 aliphatic heterocycles. The van der Waals surface area contributed by atoms with Crippen LogP contribution in [0.4, 0.5) is 17.7 Å². The van der Waals surface area contributed by atoms with Crippen molar-refractivity contribution in [3.8, 4) is 0 Å². The molecule has 1 fully saturated rings. The van der Waals surface area contributed by atoms with Crippen molar-refractivity contribution < 1.29 is 0 Å². The second-order valence-electron chi connectivity index (χ2n) is 5.30. The maximum absolute atomic E-state index is 4.55. The number of hydrogen-bond donors (Lipinski definition) is 1. The molecule has 1 N–H and O–H groups in total. The van der Waals surface area contributed by atoms with Gasteiger partial charge in [0.05, 0.1) is 0 Å². The minimum Gasteiger partial charge on any atom is -0.354 e. The molecular weight excluding hydrogens is 278 g/mol. The summed E-state index contributed by atoms with van der Waals surface area (Å²) in [5.74, 6) is 2.46. The van der Waals surface area contributed by atoms with Crippen molar-refractivity contribution in [3.05, 3.63) is 30.2 Å². The Labute approximate surface area is 130 Å². The fourth-order valence-electron chi connectivity index (χ4n) is 2.45. The number of rotatable bonds is 4. The summed E-state index contributed by atoms with van der Waals surface area (Å²) in [6.07, 6.45) is 5.53. The monoisotopic (exact) mass is 299 g/mol. The summed E-state index contributed by atoms with van der Waals surface area (Å²) in [6.45, 7) is 8.45. The first kappa shape index (κ1) is 14.5. The number of nitrogens with one attached hydrogen (secondary N) is 1. The van der Waals surface area contributed by atoms with Gasteiger partial charge in [-0.25, -0.2) is 15.0 Å². The van der Waals surface area contributed by atoms with E-state index in [1.807, 2.05) is 32.3 Å². The molecule has 0 saturated carbocycles. The van der Waals surface area contributed by atoms with Crippen molar-refractivity contribution in [1.29, 1.82) is 0 Å². The summed E-state index contributed by atoms with van der Waals surface area (Å²) in [5, 5.41) is 3.15. The molecule has 116 valence electrons. The van der Waals surface area contributed by atoms with Crippen LogP contribution in [0.1, 0.15) is 12.5 Å². The molecule has 2 aromatic heterocycles. The summed E-state index contributed by atoms with van der Waals surface area (Å²) >= 11 is 0. The Morgan fingerprint density at radius 3 is 2.41 bits per heavy atom. The predicted molar refractivity (Wildman–Crippen MR) is 87.4 cm³/mol. The summed E-state index contributed by atoms with van der Waals surface area (Å²) < 4.78 is 0. The zero-order valence-corrected chi connectivity index (χ0v) is 13.0. The van der Waals surface area contributed by atoms with E-state index in [1.165, 1.54) is 0 Å². The van der Waals surface area contributed by atoms with E-state index in [0.717, 1.165) is 50.1 Å². The van der Waals surface area contributed by atoms with Crippen LogP contribution in [0.15, 0.2) is 24.7 Å². The first-order valence-corrected chi connectivity index (χ1v) is 7.61. The highest BCUT2D eigenvalue weighted by molar-refractivity contribution is 5.45. The Morgan fingerprint density at radius 1 is 1.05 bits per heavy atom. The molecule has 7 heteroatoms. The molecule has 0 amide bonds. The van der Waals surface area contributed by atoms with E-state index in [1.54, 1.807) is 6.20 Å². The maximum Gasteiger partial charge on any atom is 0.225 e. The van der Waals surface area contributed by atoms with Crippen molar-refractivity contribution in [2.75, 3.05) is 47.8 Å². The Balaban J connectivity index is 1.64. The van der Waals surface area contributed by atoms with Crippen LogP contribution in [-0.2, 0) is 0 Å². The predicted octanol–water partition coefficient (Wildman–Crippen LogP) is 1.33. The number of nitrogens with zero attached hydrogens (tertiary/aromatic N) is 6. The smallest absolute Gasteiger partial charge is 0.225 e. The minimum atomic E-state index is 0.685. The van der Waals surface area contributed by atoms with Crippen LogP contribution >= 0.6 is 0 Å². The van der Waals surface area contributed by atoms with Crippen LogP contribution in [0.25, 0.3) is 0 Å². The first-order chi connectivity index (χ1) is 10.8. The van der Waals surface area contributed by atoms with Gasteiger partial charge in [-0.3, -0.25) is 0 Å². The van der Waals surface area contributed by atoms with Gasteiger partial charge in [0.2, 0.25) is 11.9 Å². The Kier molecular flexibility index (Phi) is 4.32. The molecule has 1 aliphatic rings. The van der Waals surface area contributed by atoms with E-state index in [-0.39, 0.29) is 0 Å². The van der Waals surface area contributed by atoms with Crippen molar-refractivity contribution in [2.45, 2.75) is 13.8 Å². The average Bonchev–Trinajstić information content (AvgIpc) is 2.56. The summed E-state index contributed by atoms with van der Waals surface area (Å²) in [7, 11) is 0. The van der Waals surface area contributed by atoms with Crippen LogP contribution in [0, 0.1) is 6.92 Å². The molecule has 0 bridgehead atoms. The topological polar surface area (TPSA) is 70.1 Å². The molecule has 0 aliphatic carbocycles. The molecule has 7 nitrogen and oxygen atoms in total. The summed E-state index contributed by atoms with van der Waals surface area (Å²) in [6, 6.07) is 1.96. The van der Waals surface area contributed by atoms with Gasteiger partial charge >= 0.3 is 0 Å². The van der Waals surface area contributed by atoms with Gasteiger partial charge in [-0.2, -0.15) is 4.98 Å². The number of aromatic nitrogens is 4. The van der Waals surface area contributed by atoms with Crippen molar-refractivity contribution in [1.82, 2.24) is 19.9 Å². The lowest BCUT2D eigenvalue weighted by molar-refractivity contribution is 0.634. The van der Waals surface area contributed by atoms with Crippen LogP contribution < -0.4 is 15.1 Å². The van der Waals surface area contributed by atoms with E-state index >= 15 is 0 Å². The van der Waals surface area contributed by atoms with Gasteiger partial charge < -0.3 is 15.1 Å². The van der Waals surface area contributed by atoms with Gasteiger partial charge in [0, 0.05) is 51.3 Å². The first-order valence-electron chi connectivity index (χ1n) is 7.61. The molecule has 0 aromatic carbocycles. The highest BCUT2D eigenvalue weighted by Gasteiger charge is 2.20. The van der Waals surface area contributed by atoms with Gasteiger partial charge in [-0.1, -0.05) is 0 Å². The van der Waals surface area contributed by atoms with E-state index in [9.17, 15) is 0 Å². The quantitative estimate of drug-likeness (QED) is 0.913. The normalized spacial score (nSPS) is 15.0. The molecule has 1 saturated heterocycles. The lowest BCUT2D eigenvalue weighted by Gasteiger charge is -2.35. The van der Waals surface area contributed by atoms with Crippen molar-refractivity contribution in [2.24, 2.45) is 0 Å². The SMILES string of the molecule is CCNc1nccc(N2CCN(c3ncc(C)cn3)CC2)n1. The second-order valence-corrected chi connectivity index (χ2v) is 5.30. The standard InChI is InChI=1S/C15H21N7/c1-3-16-14-17-5-4-13(20-14)21-6-8-22(9-7-21)15-18-10-12(2)11-19-15/h4-5,10-11H,3,6-9H2,1-2H3,(H,16,17,20). The largest absolute Gasteiger partial charge is 0.354 e. The van der Waals surface area contributed by atoms with Gasteiger partial charge in [0.15, 0.2) is 0 Å². The van der Waals surface area contributed by atoms with E-state index in [0.29, 0.717) is 5.95 Å². The molecule has 0 spiro atoms. The third-order valence-electron chi connectivity index (χ3n) is 3.63. The number of piperazine rings is 1. The summed E-state index contributed by atoms with van der Waals surface area (Å²) in [5.41, 5.74) is 1.08. The summed E-state index contributed by atoms with van der Waals surface area (Å²) in [4.78, 5) is 22.0. The molecule has 0 unspecified atom stereocenters. The third-order valence-corrected chi connectivity index (χ3v) is 3.63. The molecule has 0 radical (unpaired) electrons. The average molecular weight is 299 g/mol. The lowest BCUT2D eigenvalue weighted by atomic mass is 10.3. The van der Waals surface area contributed by atoms with E-state index in [4.69, 9.17) is 0 Å². The molecule has 0 atom stereocenters. The zero-order chi connectivity index (χ0) is 15.4. The molecule has 2 aromatic rings. The fraction of sp³-hybridized carbons (Fsp3) is 0.467. The van der Waals surface area contributed by atoms with E-state index < -0.39 is 0 Å². The number of hydrogen-bond acceptors (Lipinski definition) is 7. The third kappa shape index (κ3) is 3.24. The van der Waals surface area contributed by atoms with Crippen molar-refractivity contribution >= 4 is 17.7 Å². The van der Waals surface area contributed by atoms with Crippen LogP contribution in [-0.4, -0.2) is 52.7 Å². The molecule has 3 heterocycles. The van der Waals surface area contributed by atoms with E-state index in [2.05, 4.69) is 35.1 Å².